The predicted octanol–water partition coefficient (Wildman–Crippen LogP) is 4.25. The molecule has 2 aromatic carbocycles. The van der Waals surface area contributed by atoms with Crippen molar-refractivity contribution >= 4 is 40.3 Å². The van der Waals surface area contributed by atoms with Gasteiger partial charge in [0, 0.05) is 34.8 Å². The molecule has 174 valence electrons. The number of hydrogen-bond donors (Lipinski definition) is 0. The van der Waals surface area contributed by atoms with Crippen molar-refractivity contribution in [2.75, 3.05) is 26.8 Å². The molecule has 0 bridgehead atoms. The first-order valence-electron chi connectivity index (χ1n) is 10.7. The molecule has 0 saturated heterocycles. The zero-order valence-corrected chi connectivity index (χ0v) is 19.9. The van der Waals surface area contributed by atoms with Crippen molar-refractivity contribution in [1.82, 2.24) is 9.47 Å². The highest BCUT2D eigenvalue weighted by atomic mass is 35.5. The fourth-order valence-electron chi connectivity index (χ4n) is 3.80. The minimum atomic E-state index is -0.542. The second-order valence-corrected chi connectivity index (χ2v) is 7.93. The van der Waals surface area contributed by atoms with Crippen LogP contribution in [0.15, 0.2) is 42.5 Å². The van der Waals surface area contributed by atoms with Crippen LogP contribution in [0.5, 0.6) is 5.75 Å². The molecule has 0 fully saturated rings. The number of likely N-dealkylation sites (N-methyl/N-ethyl adjacent to an activating group) is 1. The number of fused-ring (bicyclic) bond motifs is 1. The van der Waals surface area contributed by atoms with Gasteiger partial charge in [0.2, 0.25) is 0 Å². The number of amides is 1. The second-order valence-electron chi connectivity index (χ2n) is 7.50. The van der Waals surface area contributed by atoms with Gasteiger partial charge in [0.15, 0.2) is 6.61 Å². The van der Waals surface area contributed by atoms with Gasteiger partial charge in [-0.1, -0.05) is 11.6 Å². The summed E-state index contributed by atoms with van der Waals surface area (Å²) >= 11 is 5.96. The van der Waals surface area contributed by atoms with Gasteiger partial charge in [-0.15, -0.1) is 0 Å². The highest BCUT2D eigenvalue weighted by molar-refractivity contribution is 6.30. The lowest BCUT2D eigenvalue weighted by molar-refractivity contribution is -0.151. The van der Waals surface area contributed by atoms with Gasteiger partial charge in [0.1, 0.15) is 5.75 Å². The smallest absolute Gasteiger partial charge is 0.310 e. The molecule has 0 N–H and O–H groups in total. The van der Waals surface area contributed by atoms with Crippen molar-refractivity contribution < 1.29 is 23.9 Å². The van der Waals surface area contributed by atoms with Gasteiger partial charge < -0.3 is 14.4 Å². The Labute approximate surface area is 197 Å². The van der Waals surface area contributed by atoms with Gasteiger partial charge in [0.25, 0.3) is 11.8 Å². The zero-order chi connectivity index (χ0) is 24.1. The third-order valence-corrected chi connectivity index (χ3v) is 5.88. The van der Waals surface area contributed by atoms with E-state index in [0.29, 0.717) is 51.6 Å². The SMILES string of the molecule is CCN(CC)C(=O)COC(=O)Cc1c(C)n(C(=O)c2ccc(Cl)cc2)c2ccc(OC)cc12. The number of rotatable bonds is 8. The highest BCUT2D eigenvalue weighted by Gasteiger charge is 2.23. The fourth-order valence-corrected chi connectivity index (χ4v) is 3.93. The monoisotopic (exact) mass is 470 g/mol. The summed E-state index contributed by atoms with van der Waals surface area (Å²) < 4.78 is 12.2. The number of benzene rings is 2. The molecule has 0 unspecified atom stereocenters. The molecule has 0 spiro atoms. The fraction of sp³-hybridized carbons (Fsp3) is 0.320. The number of carbonyl (C=O) groups is 3. The van der Waals surface area contributed by atoms with Crippen LogP contribution in [0, 0.1) is 6.92 Å². The Balaban J connectivity index is 1.95. The summed E-state index contributed by atoms with van der Waals surface area (Å²) in [6.45, 7) is 6.30. The molecule has 1 amide bonds. The van der Waals surface area contributed by atoms with Crippen molar-refractivity contribution in [2.24, 2.45) is 0 Å². The molecule has 0 saturated carbocycles. The summed E-state index contributed by atoms with van der Waals surface area (Å²) in [6.07, 6.45) is -0.0814. The number of halogens is 1. The Hall–Kier alpha value is -3.32. The second kappa shape index (κ2) is 10.5. The van der Waals surface area contributed by atoms with Gasteiger partial charge in [0.05, 0.1) is 19.0 Å². The van der Waals surface area contributed by atoms with Crippen LogP contribution in [-0.2, 0) is 20.7 Å². The molecule has 0 aliphatic heterocycles. The Morgan fingerprint density at radius 2 is 1.70 bits per heavy atom. The average Bonchev–Trinajstić information content (AvgIpc) is 3.08. The van der Waals surface area contributed by atoms with Crippen LogP contribution in [0.1, 0.15) is 35.5 Å². The molecule has 0 aliphatic rings. The lowest BCUT2D eigenvalue weighted by atomic mass is 10.1. The number of nitrogens with zero attached hydrogens (tertiary/aromatic N) is 2. The Kier molecular flexibility index (Phi) is 7.76. The third kappa shape index (κ3) is 5.20. The normalized spacial score (nSPS) is 10.8. The maximum Gasteiger partial charge on any atom is 0.310 e. The molecule has 3 rings (SSSR count). The van der Waals surface area contributed by atoms with Crippen LogP contribution in [-0.4, -0.2) is 54.1 Å². The quantitative estimate of drug-likeness (QED) is 0.460. The van der Waals surface area contributed by atoms with Crippen molar-refractivity contribution in [3.8, 4) is 5.75 Å². The summed E-state index contributed by atoms with van der Waals surface area (Å²) in [5.41, 5.74) is 2.38. The number of ether oxygens (including phenoxy) is 2. The number of hydrogen-bond acceptors (Lipinski definition) is 5. The Morgan fingerprint density at radius 3 is 2.30 bits per heavy atom. The van der Waals surface area contributed by atoms with E-state index in [1.54, 1.807) is 66.0 Å². The van der Waals surface area contributed by atoms with E-state index in [1.165, 1.54) is 0 Å². The topological polar surface area (TPSA) is 77.8 Å². The van der Waals surface area contributed by atoms with E-state index in [2.05, 4.69) is 0 Å². The zero-order valence-electron chi connectivity index (χ0n) is 19.2. The Morgan fingerprint density at radius 1 is 1.03 bits per heavy atom. The third-order valence-electron chi connectivity index (χ3n) is 5.63. The minimum absolute atomic E-state index is 0.0814. The minimum Gasteiger partial charge on any atom is -0.497 e. The van der Waals surface area contributed by atoms with Gasteiger partial charge in [-0.25, -0.2) is 0 Å². The molecule has 1 heterocycles. The molecule has 0 atom stereocenters. The number of carbonyl (C=O) groups excluding carboxylic acids is 3. The maximum atomic E-state index is 13.3. The average molecular weight is 471 g/mol. The molecular formula is C25H27ClN2O5. The largest absolute Gasteiger partial charge is 0.497 e. The van der Waals surface area contributed by atoms with Crippen LogP contribution in [0.3, 0.4) is 0 Å². The van der Waals surface area contributed by atoms with E-state index in [-0.39, 0.29) is 24.8 Å². The Bertz CT molecular complexity index is 1180. The van der Waals surface area contributed by atoms with Crippen molar-refractivity contribution in [1.29, 1.82) is 0 Å². The van der Waals surface area contributed by atoms with E-state index < -0.39 is 5.97 Å². The van der Waals surface area contributed by atoms with Gasteiger partial charge in [-0.2, -0.15) is 0 Å². The molecule has 8 heteroatoms. The predicted molar refractivity (Wildman–Crippen MR) is 127 cm³/mol. The summed E-state index contributed by atoms with van der Waals surface area (Å²) in [5.74, 6) is -0.424. The van der Waals surface area contributed by atoms with Crippen LogP contribution in [0.2, 0.25) is 5.02 Å². The van der Waals surface area contributed by atoms with E-state index in [4.69, 9.17) is 21.1 Å². The first kappa shape index (κ1) is 24.3. The van der Waals surface area contributed by atoms with Crippen LogP contribution < -0.4 is 4.74 Å². The molecule has 7 nitrogen and oxygen atoms in total. The van der Waals surface area contributed by atoms with Crippen LogP contribution >= 0.6 is 11.6 Å². The van der Waals surface area contributed by atoms with Gasteiger partial charge in [-0.3, -0.25) is 19.0 Å². The maximum absolute atomic E-state index is 13.3. The highest BCUT2D eigenvalue weighted by Crippen LogP contribution is 2.31. The lowest BCUT2D eigenvalue weighted by Gasteiger charge is -2.18. The standard InChI is InChI=1S/C25H27ClN2O5/c1-5-27(6-2)23(29)15-33-24(30)14-20-16(3)28(22-12-11-19(32-4)13-21(20)22)25(31)17-7-9-18(26)10-8-17/h7-13H,5-6,14-15H2,1-4H3. The van der Waals surface area contributed by atoms with E-state index >= 15 is 0 Å². The van der Waals surface area contributed by atoms with E-state index in [1.807, 2.05) is 13.8 Å². The van der Waals surface area contributed by atoms with Gasteiger partial charge >= 0.3 is 5.97 Å². The van der Waals surface area contributed by atoms with E-state index in [9.17, 15) is 14.4 Å². The summed E-state index contributed by atoms with van der Waals surface area (Å²) in [7, 11) is 1.55. The van der Waals surface area contributed by atoms with Crippen LogP contribution in [0.25, 0.3) is 10.9 Å². The first-order valence-corrected chi connectivity index (χ1v) is 11.1. The van der Waals surface area contributed by atoms with Crippen molar-refractivity contribution in [2.45, 2.75) is 27.2 Å². The molecule has 1 aromatic heterocycles. The lowest BCUT2D eigenvalue weighted by Crippen LogP contribution is -2.34. The number of methoxy groups -OCH3 is 1. The van der Waals surface area contributed by atoms with Crippen molar-refractivity contribution in [3.63, 3.8) is 0 Å². The first-order chi connectivity index (χ1) is 15.8. The summed E-state index contributed by atoms with van der Waals surface area (Å²) in [4.78, 5) is 39.7. The summed E-state index contributed by atoms with van der Waals surface area (Å²) in [6, 6.07) is 12.0. The molecule has 0 aliphatic carbocycles. The molecule has 33 heavy (non-hydrogen) atoms. The summed E-state index contributed by atoms with van der Waals surface area (Å²) in [5, 5.41) is 1.24. The van der Waals surface area contributed by atoms with Gasteiger partial charge in [-0.05, 0) is 68.8 Å². The number of esters is 1. The molecular weight excluding hydrogens is 444 g/mol. The number of aromatic nitrogens is 1. The van der Waals surface area contributed by atoms with Crippen molar-refractivity contribution in [3.05, 3.63) is 64.3 Å². The molecule has 3 aromatic rings. The molecule has 0 radical (unpaired) electrons. The van der Waals surface area contributed by atoms with Crippen LogP contribution in [0.4, 0.5) is 0 Å². The van der Waals surface area contributed by atoms with E-state index in [0.717, 1.165) is 0 Å².